The predicted octanol–water partition coefficient (Wildman–Crippen LogP) is 3.20. The lowest BCUT2D eigenvalue weighted by Crippen LogP contribution is -2.42. The van der Waals surface area contributed by atoms with E-state index in [1.54, 1.807) is 25.3 Å². The number of hydrogen-bond donors (Lipinski definition) is 2. The van der Waals surface area contributed by atoms with Crippen molar-refractivity contribution in [3.05, 3.63) is 76.2 Å². The van der Waals surface area contributed by atoms with Crippen LogP contribution >= 0.6 is 0 Å². The van der Waals surface area contributed by atoms with Crippen molar-refractivity contribution in [1.82, 2.24) is 10.3 Å². The summed E-state index contributed by atoms with van der Waals surface area (Å²) in [5.41, 5.74) is 0.130. The molecule has 128 valence electrons. The second-order valence-corrected chi connectivity index (χ2v) is 6.38. The van der Waals surface area contributed by atoms with E-state index in [1.165, 1.54) is 0 Å². The molecule has 0 atom stereocenters. The molecule has 1 aromatic heterocycles. The van der Waals surface area contributed by atoms with Crippen molar-refractivity contribution in [3.63, 3.8) is 0 Å². The Hall–Kier alpha value is -3.08. The van der Waals surface area contributed by atoms with Gasteiger partial charge in [-0.05, 0) is 37.4 Å². The number of aromatic amines is 1. The standard InChI is InChI=1S/C20H20N2O3/c1-20(2,15-10-6-7-11-17(15)25-3)22-19(24)16-12-13-8-4-5-9-14(13)18(23)21-16/h4-12H,1-3H3,(H,21,23)(H,22,24). The molecule has 0 aliphatic rings. The Morgan fingerprint density at radius 3 is 2.52 bits per heavy atom. The summed E-state index contributed by atoms with van der Waals surface area (Å²) in [4.78, 5) is 27.5. The average Bonchev–Trinajstić information content (AvgIpc) is 2.61. The second-order valence-electron chi connectivity index (χ2n) is 6.38. The van der Waals surface area contributed by atoms with Crippen LogP contribution in [0.25, 0.3) is 10.8 Å². The summed E-state index contributed by atoms with van der Waals surface area (Å²) >= 11 is 0. The van der Waals surface area contributed by atoms with Crippen LogP contribution in [0.2, 0.25) is 0 Å². The molecule has 0 bridgehead atoms. The maximum Gasteiger partial charge on any atom is 0.268 e. The number of H-pyrrole nitrogens is 1. The quantitative estimate of drug-likeness (QED) is 0.768. The summed E-state index contributed by atoms with van der Waals surface area (Å²) in [6, 6.07) is 16.4. The van der Waals surface area contributed by atoms with Crippen molar-refractivity contribution < 1.29 is 9.53 Å². The Morgan fingerprint density at radius 1 is 1.08 bits per heavy atom. The Balaban J connectivity index is 1.95. The maximum atomic E-state index is 12.7. The molecule has 3 rings (SSSR count). The summed E-state index contributed by atoms with van der Waals surface area (Å²) in [6.07, 6.45) is 0. The van der Waals surface area contributed by atoms with Crippen LogP contribution in [0.3, 0.4) is 0 Å². The number of nitrogens with one attached hydrogen (secondary N) is 2. The number of carbonyl (C=O) groups is 1. The second kappa shape index (κ2) is 6.43. The van der Waals surface area contributed by atoms with Crippen LogP contribution in [0.1, 0.15) is 29.9 Å². The highest BCUT2D eigenvalue weighted by molar-refractivity contribution is 5.96. The predicted molar refractivity (Wildman–Crippen MR) is 98.1 cm³/mol. The minimum Gasteiger partial charge on any atom is -0.496 e. The molecular weight excluding hydrogens is 316 g/mol. The molecule has 1 heterocycles. The molecule has 2 N–H and O–H groups in total. The summed E-state index contributed by atoms with van der Waals surface area (Å²) in [6.45, 7) is 3.78. The highest BCUT2D eigenvalue weighted by Gasteiger charge is 2.27. The van der Waals surface area contributed by atoms with E-state index in [9.17, 15) is 9.59 Å². The largest absolute Gasteiger partial charge is 0.496 e. The number of aromatic nitrogens is 1. The summed E-state index contributed by atoms with van der Waals surface area (Å²) in [7, 11) is 1.59. The molecular formula is C20H20N2O3. The molecule has 0 spiro atoms. The van der Waals surface area contributed by atoms with E-state index in [4.69, 9.17) is 4.74 Å². The number of carbonyl (C=O) groups excluding carboxylic acids is 1. The van der Waals surface area contributed by atoms with Crippen molar-refractivity contribution in [3.8, 4) is 5.75 Å². The number of methoxy groups -OCH3 is 1. The zero-order valence-electron chi connectivity index (χ0n) is 14.4. The fourth-order valence-corrected chi connectivity index (χ4v) is 2.91. The van der Waals surface area contributed by atoms with E-state index in [-0.39, 0.29) is 17.2 Å². The van der Waals surface area contributed by atoms with Gasteiger partial charge >= 0.3 is 0 Å². The topological polar surface area (TPSA) is 71.2 Å². The van der Waals surface area contributed by atoms with Crippen molar-refractivity contribution in [1.29, 1.82) is 0 Å². The van der Waals surface area contributed by atoms with Gasteiger partial charge in [0.1, 0.15) is 11.4 Å². The fraction of sp³-hybridized carbons (Fsp3) is 0.200. The molecule has 5 nitrogen and oxygen atoms in total. The molecule has 3 aromatic rings. The highest BCUT2D eigenvalue weighted by Crippen LogP contribution is 2.29. The smallest absolute Gasteiger partial charge is 0.268 e. The monoisotopic (exact) mass is 336 g/mol. The normalized spacial score (nSPS) is 11.3. The van der Waals surface area contributed by atoms with Gasteiger partial charge in [-0.25, -0.2) is 0 Å². The number of benzene rings is 2. The first-order chi connectivity index (χ1) is 11.9. The lowest BCUT2D eigenvalue weighted by molar-refractivity contribution is 0.0906. The third-order valence-electron chi connectivity index (χ3n) is 4.20. The van der Waals surface area contributed by atoms with E-state index in [1.807, 2.05) is 50.2 Å². The summed E-state index contributed by atoms with van der Waals surface area (Å²) in [5.74, 6) is 0.346. The van der Waals surface area contributed by atoms with Gasteiger partial charge in [0.25, 0.3) is 11.5 Å². The van der Waals surface area contributed by atoms with Gasteiger partial charge in [0, 0.05) is 10.9 Å². The lowest BCUT2D eigenvalue weighted by Gasteiger charge is -2.28. The van der Waals surface area contributed by atoms with Crippen LogP contribution in [-0.4, -0.2) is 18.0 Å². The molecule has 1 amide bonds. The first kappa shape index (κ1) is 16.8. The van der Waals surface area contributed by atoms with Gasteiger partial charge in [-0.2, -0.15) is 0 Å². The van der Waals surface area contributed by atoms with E-state index in [0.717, 1.165) is 10.9 Å². The van der Waals surface area contributed by atoms with Crippen molar-refractivity contribution in [2.75, 3.05) is 7.11 Å². The molecule has 0 aliphatic carbocycles. The van der Waals surface area contributed by atoms with Crippen LogP contribution in [0, 0.1) is 0 Å². The number of ether oxygens (including phenoxy) is 1. The maximum absolute atomic E-state index is 12.7. The molecule has 0 radical (unpaired) electrons. The van der Waals surface area contributed by atoms with Crippen molar-refractivity contribution >= 4 is 16.7 Å². The molecule has 0 saturated heterocycles. The van der Waals surface area contributed by atoms with Gasteiger partial charge in [0.05, 0.1) is 12.6 Å². The Morgan fingerprint density at radius 2 is 1.76 bits per heavy atom. The van der Waals surface area contributed by atoms with Gasteiger partial charge in [0.15, 0.2) is 0 Å². The van der Waals surface area contributed by atoms with Gasteiger partial charge < -0.3 is 15.0 Å². The Bertz CT molecular complexity index is 989. The molecule has 0 unspecified atom stereocenters. The molecule has 0 fully saturated rings. The Labute approximate surface area is 145 Å². The van der Waals surface area contributed by atoms with Crippen LogP contribution in [0.5, 0.6) is 5.75 Å². The molecule has 0 saturated carbocycles. The first-order valence-electron chi connectivity index (χ1n) is 8.00. The molecule has 5 heteroatoms. The van der Waals surface area contributed by atoms with Gasteiger partial charge in [0.2, 0.25) is 0 Å². The van der Waals surface area contributed by atoms with Crippen LogP contribution in [0.4, 0.5) is 0 Å². The third kappa shape index (κ3) is 3.26. The summed E-state index contributed by atoms with van der Waals surface area (Å²) in [5, 5.41) is 4.25. The Kier molecular flexibility index (Phi) is 4.31. The van der Waals surface area contributed by atoms with Crippen LogP contribution in [-0.2, 0) is 5.54 Å². The SMILES string of the molecule is COc1ccccc1C(C)(C)NC(=O)c1cc2ccccc2c(=O)[nH]1. The van der Waals surface area contributed by atoms with E-state index >= 15 is 0 Å². The first-order valence-corrected chi connectivity index (χ1v) is 8.00. The number of pyridine rings is 1. The molecule has 25 heavy (non-hydrogen) atoms. The fourth-order valence-electron chi connectivity index (χ4n) is 2.91. The minimum atomic E-state index is -0.674. The van der Waals surface area contributed by atoms with Gasteiger partial charge in [-0.1, -0.05) is 36.4 Å². The van der Waals surface area contributed by atoms with Gasteiger partial charge in [-0.15, -0.1) is 0 Å². The van der Waals surface area contributed by atoms with Crippen molar-refractivity contribution in [2.45, 2.75) is 19.4 Å². The highest BCUT2D eigenvalue weighted by atomic mass is 16.5. The molecule has 0 aliphatic heterocycles. The number of amides is 1. The molecule has 2 aromatic carbocycles. The summed E-state index contributed by atoms with van der Waals surface area (Å²) < 4.78 is 5.39. The van der Waals surface area contributed by atoms with E-state index in [0.29, 0.717) is 11.1 Å². The van der Waals surface area contributed by atoms with Crippen LogP contribution < -0.4 is 15.6 Å². The number of para-hydroxylation sites is 1. The number of hydrogen-bond acceptors (Lipinski definition) is 3. The average molecular weight is 336 g/mol. The van der Waals surface area contributed by atoms with Crippen LogP contribution in [0.15, 0.2) is 59.4 Å². The minimum absolute atomic E-state index is 0.228. The third-order valence-corrected chi connectivity index (χ3v) is 4.20. The van der Waals surface area contributed by atoms with E-state index in [2.05, 4.69) is 10.3 Å². The lowest BCUT2D eigenvalue weighted by atomic mass is 9.93. The number of rotatable bonds is 4. The zero-order valence-corrected chi connectivity index (χ0v) is 14.4. The number of fused-ring (bicyclic) bond motifs is 1. The van der Waals surface area contributed by atoms with Crippen molar-refractivity contribution in [2.24, 2.45) is 0 Å². The van der Waals surface area contributed by atoms with E-state index < -0.39 is 5.54 Å². The zero-order chi connectivity index (χ0) is 18.0. The van der Waals surface area contributed by atoms with Gasteiger partial charge in [-0.3, -0.25) is 9.59 Å².